The molecule has 1 aliphatic rings. The van der Waals surface area contributed by atoms with Crippen molar-refractivity contribution in [3.8, 4) is 0 Å². The maximum absolute atomic E-state index is 11.8. The normalized spacial score (nSPS) is 26.3. The highest BCUT2D eigenvalue weighted by molar-refractivity contribution is 4.68. The second kappa shape index (κ2) is 4.28. The summed E-state index contributed by atoms with van der Waals surface area (Å²) < 4.78 is 40.8. The van der Waals surface area contributed by atoms with Crippen LogP contribution in [0.25, 0.3) is 0 Å². The van der Waals surface area contributed by atoms with Gasteiger partial charge in [-0.1, -0.05) is 0 Å². The monoisotopic (exact) mass is 197 g/mol. The van der Waals surface area contributed by atoms with Crippen LogP contribution in [0.2, 0.25) is 0 Å². The van der Waals surface area contributed by atoms with Crippen molar-refractivity contribution in [3.05, 3.63) is 0 Å². The first kappa shape index (κ1) is 10.8. The quantitative estimate of drug-likeness (QED) is 0.667. The first-order valence-electron chi connectivity index (χ1n) is 4.38. The van der Waals surface area contributed by atoms with Crippen molar-refractivity contribution in [2.75, 3.05) is 26.2 Å². The smallest absolute Gasteiger partial charge is 0.376 e. The summed E-state index contributed by atoms with van der Waals surface area (Å²) in [5, 5.41) is 0. The number of halogens is 3. The Labute approximate surface area is 75.7 Å². The lowest BCUT2D eigenvalue weighted by atomic mass is 10.3. The molecule has 0 bridgehead atoms. The largest absolute Gasteiger partial charge is 0.390 e. The molecule has 0 aromatic rings. The third kappa shape index (κ3) is 4.47. The van der Waals surface area contributed by atoms with Gasteiger partial charge in [0.1, 0.15) is 0 Å². The van der Waals surface area contributed by atoms with E-state index in [1.165, 1.54) is 0 Å². The van der Waals surface area contributed by atoms with E-state index in [-0.39, 0.29) is 12.6 Å². The zero-order chi connectivity index (χ0) is 9.90. The molecule has 1 heterocycles. The summed E-state index contributed by atoms with van der Waals surface area (Å²) in [4.78, 5) is 1.79. The number of nitrogens with zero attached hydrogens (tertiary/aromatic N) is 1. The summed E-state index contributed by atoms with van der Waals surface area (Å²) in [7, 11) is 0. The van der Waals surface area contributed by atoms with Crippen molar-refractivity contribution in [2.45, 2.75) is 25.6 Å². The lowest BCUT2D eigenvalue weighted by molar-refractivity contribution is -0.141. The molecular formula is C8H14F3NO. The summed E-state index contributed by atoms with van der Waals surface area (Å²) >= 11 is 0. The second-order valence-corrected chi connectivity index (χ2v) is 3.35. The SMILES string of the molecule is C[C@@H]1CN(CCC(F)(F)F)CCO1. The van der Waals surface area contributed by atoms with Crippen LogP contribution in [0.1, 0.15) is 13.3 Å². The second-order valence-electron chi connectivity index (χ2n) is 3.35. The van der Waals surface area contributed by atoms with Gasteiger partial charge in [-0.2, -0.15) is 13.2 Å². The average molecular weight is 197 g/mol. The fourth-order valence-corrected chi connectivity index (χ4v) is 1.38. The van der Waals surface area contributed by atoms with Crippen molar-refractivity contribution >= 4 is 0 Å². The standard InChI is InChI=1S/C8H14F3NO/c1-7-6-12(4-5-13-7)3-2-8(9,10)11/h7H,2-6H2,1H3/t7-/m1/s1. The molecule has 2 nitrogen and oxygen atoms in total. The third-order valence-electron chi connectivity index (χ3n) is 2.04. The minimum atomic E-state index is -4.04. The van der Waals surface area contributed by atoms with Crippen LogP contribution in [0.3, 0.4) is 0 Å². The maximum Gasteiger partial charge on any atom is 0.390 e. The van der Waals surface area contributed by atoms with E-state index in [9.17, 15) is 13.2 Å². The summed E-state index contributed by atoms with van der Waals surface area (Å²) in [5.74, 6) is 0. The van der Waals surface area contributed by atoms with Gasteiger partial charge < -0.3 is 4.74 Å². The van der Waals surface area contributed by atoms with Gasteiger partial charge >= 0.3 is 6.18 Å². The van der Waals surface area contributed by atoms with Crippen molar-refractivity contribution in [1.82, 2.24) is 4.90 Å². The molecule has 1 aliphatic heterocycles. The van der Waals surface area contributed by atoms with Crippen LogP contribution >= 0.6 is 0 Å². The molecule has 0 aliphatic carbocycles. The van der Waals surface area contributed by atoms with Gasteiger partial charge in [0.05, 0.1) is 19.1 Å². The highest BCUT2D eigenvalue weighted by Crippen LogP contribution is 2.20. The number of alkyl halides is 3. The van der Waals surface area contributed by atoms with Crippen LogP contribution in [0.15, 0.2) is 0 Å². The van der Waals surface area contributed by atoms with Gasteiger partial charge in [0, 0.05) is 19.6 Å². The van der Waals surface area contributed by atoms with Crippen LogP contribution in [0.4, 0.5) is 13.2 Å². The first-order chi connectivity index (χ1) is 5.97. The molecule has 0 aromatic heterocycles. The minimum Gasteiger partial charge on any atom is -0.376 e. The maximum atomic E-state index is 11.8. The molecule has 0 amide bonds. The van der Waals surface area contributed by atoms with Crippen LogP contribution in [0.5, 0.6) is 0 Å². The Morgan fingerprint density at radius 2 is 2.15 bits per heavy atom. The Kier molecular flexibility index (Phi) is 3.55. The molecule has 0 radical (unpaired) electrons. The van der Waals surface area contributed by atoms with E-state index in [2.05, 4.69) is 0 Å². The van der Waals surface area contributed by atoms with Gasteiger partial charge in [-0.05, 0) is 6.92 Å². The number of ether oxygens (including phenoxy) is 1. The van der Waals surface area contributed by atoms with E-state index >= 15 is 0 Å². The number of rotatable bonds is 2. The van der Waals surface area contributed by atoms with Gasteiger partial charge in [-0.15, -0.1) is 0 Å². The van der Waals surface area contributed by atoms with Gasteiger partial charge in [-0.3, -0.25) is 4.90 Å². The fraction of sp³-hybridized carbons (Fsp3) is 1.00. The fourth-order valence-electron chi connectivity index (χ4n) is 1.38. The van der Waals surface area contributed by atoms with E-state index in [1.54, 1.807) is 4.90 Å². The molecule has 1 rings (SSSR count). The van der Waals surface area contributed by atoms with E-state index in [0.717, 1.165) is 0 Å². The van der Waals surface area contributed by atoms with Crippen LogP contribution in [0, 0.1) is 0 Å². The van der Waals surface area contributed by atoms with Gasteiger partial charge in [0.25, 0.3) is 0 Å². The molecule has 0 unspecified atom stereocenters. The Hall–Kier alpha value is -0.290. The zero-order valence-electron chi connectivity index (χ0n) is 7.60. The van der Waals surface area contributed by atoms with E-state index < -0.39 is 12.6 Å². The molecule has 1 fully saturated rings. The molecule has 0 saturated carbocycles. The molecule has 5 heteroatoms. The highest BCUT2D eigenvalue weighted by Gasteiger charge is 2.28. The number of morpholine rings is 1. The lowest BCUT2D eigenvalue weighted by Crippen LogP contribution is -2.42. The van der Waals surface area contributed by atoms with Crippen molar-refractivity contribution < 1.29 is 17.9 Å². The zero-order valence-corrected chi connectivity index (χ0v) is 7.60. The Bertz CT molecular complexity index is 160. The molecule has 0 spiro atoms. The average Bonchev–Trinajstić information content (AvgIpc) is 2.00. The molecule has 13 heavy (non-hydrogen) atoms. The molecule has 1 saturated heterocycles. The lowest BCUT2D eigenvalue weighted by Gasteiger charge is -2.31. The summed E-state index contributed by atoms with van der Waals surface area (Å²) in [6.45, 7) is 3.73. The van der Waals surface area contributed by atoms with Crippen LogP contribution in [-0.2, 0) is 4.74 Å². The van der Waals surface area contributed by atoms with Gasteiger partial charge in [0.2, 0.25) is 0 Å². The molecule has 0 N–H and O–H groups in total. The van der Waals surface area contributed by atoms with Crippen LogP contribution in [-0.4, -0.2) is 43.4 Å². The van der Waals surface area contributed by atoms with Crippen LogP contribution < -0.4 is 0 Å². The predicted octanol–water partition coefficient (Wildman–Crippen LogP) is 1.66. The molecule has 0 aromatic carbocycles. The third-order valence-corrected chi connectivity index (χ3v) is 2.04. The first-order valence-corrected chi connectivity index (χ1v) is 4.38. The van der Waals surface area contributed by atoms with Gasteiger partial charge in [-0.25, -0.2) is 0 Å². The Morgan fingerprint density at radius 1 is 1.46 bits per heavy atom. The molecule has 78 valence electrons. The van der Waals surface area contributed by atoms with E-state index in [0.29, 0.717) is 19.7 Å². The van der Waals surface area contributed by atoms with E-state index in [4.69, 9.17) is 4.74 Å². The van der Waals surface area contributed by atoms with E-state index in [1.807, 2.05) is 6.92 Å². The van der Waals surface area contributed by atoms with Crippen molar-refractivity contribution in [2.24, 2.45) is 0 Å². The summed E-state index contributed by atoms with van der Waals surface area (Å²) in [6.07, 6.45) is -4.71. The number of hydrogen-bond acceptors (Lipinski definition) is 2. The Morgan fingerprint density at radius 3 is 2.69 bits per heavy atom. The Balaban J connectivity index is 2.21. The summed E-state index contributed by atoms with van der Waals surface area (Å²) in [5.41, 5.74) is 0. The van der Waals surface area contributed by atoms with Crippen molar-refractivity contribution in [3.63, 3.8) is 0 Å². The highest BCUT2D eigenvalue weighted by atomic mass is 19.4. The number of hydrogen-bond donors (Lipinski definition) is 0. The van der Waals surface area contributed by atoms with Gasteiger partial charge in [0.15, 0.2) is 0 Å². The topological polar surface area (TPSA) is 12.5 Å². The minimum absolute atomic E-state index is 0.0574. The predicted molar refractivity (Wildman–Crippen MR) is 42.5 cm³/mol. The summed E-state index contributed by atoms with van der Waals surface area (Å²) in [6, 6.07) is 0. The molecular weight excluding hydrogens is 183 g/mol. The molecule has 1 atom stereocenters. The van der Waals surface area contributed by atoms with Crippen molar-refractivity contribution in [1.29, 1.82) is 0 Å².